The highest BCUT2D eigenvalue weighted by molar-refractivity contribution is 5.79. The first-order valence-electron chi connectivity index (χ1n) is 13.6. The van der Waals surface area contributed by atoms with Crippen molar-refractivity contribution in [2.75, 3.05) is 6.61 Å². The number of aromatic nitrogens is 2. The van der Waals surface area contributed by atoms with Crippen molar-refractivity contribution in [1.29, 1.82) is 0 Å². The molecule has 0 saturated carbocycles. The second kappa shape index (κ2) is 12.4. The van der Waals surface area contributed by atoms with E-state index in [-0.39, 0.29) is 5.91 Å². The minimum atomic E-state index is -0.0110. The molecule has 0 bridgehead atoms. The lowest BCUT2D eigenvalue weighted by Crippen LogP contribution is -2.26. The normalized spacial score (nSPS) is 11.0. The smallest absolute Gasteiger partial charge is 0.224 e. The van der Waals surface area contributed by atoms with Gasteiger partial charge < -0.3 is 14.6 Å². The number of ether oxygens (including phenoxy) is 1. The Bertz CT molecular complexity index is 1520. The van der Waals surface area contributed by atoms with E-state index in [4.69, 9.17) is 9.72 Å². The largest absolute Gasteiger partial charge is 0.493 e. The van der Waals surface area contributed by atoms with Crippen LogP contribution in [0.3, 0.4) is 0 Å². The van der Waals surface area contributed by atoms with Crippen LogP contribution in [-0.2, 0) is 24.3 Å². The van der Waals surface area contributed by atoms with Crippen LogP contribution in [0.1, 0.15) is 35.4 Å². The van der Waals surface area contributed by atoms with Gasteiger partial charge in [-0.2, -0.15) is 0 Å². The SMILES string of the molecule is Cc1cccc(C)c1OCCCCn1c(CNC(=O)Cc2ccc(-c3ccccc3)cc2)nc2ccccc21. The summed E-state index contributed by atoms with van der Waals surface area (Å²) in [7, 11) is 0. The molecule has 4 aromatic carbocycles. The molecule has 0 radical (unpaired) electrons. The first-order valence-corrected chi connectivity index (χ1v) is 13.6. The Morgan fingerprint density at radius 1 is 0.795 bits per heavy atom. The van der Waals surface area contributed by atoms with Gasteiger partial charge in [-0.1, -0.05) is 84.9 Å². The van der Waals surface area contributed by atoms with Crippen molar-refractivity contribution in [3.63, 3.8) is 0 Å². The third-order valence-corrected chi connectivity index (χ3v) is 7.03. The molecule has 0 spiro atoms. The zero-order valence-electron chi connectivity index (χ0n) is 22.7. The number of rotatable bonds is 11. The second-order valence-electron chi connectivity index (χ2n) is 9.96. The standard InChI is InChI=1S/C34H35N3O2/c1-25-11-10-12-26(2)34(25)39-22-9-8-21-37-31-16-7-6-15-30(31)36-32(37)24-35-33(38)23-27-17-19-29(20-18-27)28-13-4-3-5-14-28/h3-7,10-20H,8-9,21-24H2,1-2H3,(H,35,38). The molecular weight excluding hydrogens is 482 g/mol. The van der Waals surface area contributed by atoms with E-state index in [1.165, 1.54) is 16.7 Å². The van der Waals surface area contributed by atoms with Gasteiger partial charge in [0.15, 0.2) is 0 Å². The van der Waals surface area contributed by atoms with Crippen LogP contribution in [0.15, 0.2) is 97.1 Å². The quantitative estimate of drug-likeness (QED) is 0.191. The number of nitrogens with one attached hydrogen (secondary N) is 1. The van der Waals surface area contributed by atoms with Gasteiger partial charge in [0.1, 0.15) is 11.6 Å². The lowest BCUT2D eigenvalue weighted by molar-refractivity contribution is -0.120. The topological polar surface area (TPSA) is 56.1 Å². The van der Waals surface area contributed by atoms with Crippen molar-refractivity contribution in [2.45, 2.75) is 46.2 Å². The fraction of sp³-hybridized carbons (Fsp3) is 0.235. The molecule has 1 amide bonds. The average Bonchev–Trinajstić information content (AvgIpc) is 3.31. The fourth-order valence-corrected chi connectivity index (χ4v) is 4.95. The number of hydrogen-bond donors (Lipinski definition) is 1. The second-order valence-corrected chi connectivity index (χ2v) is 9.96. The Hall–Kier alpha value is -4.38. The van der Waals surface area contributed by atoms with Crippen LogP contribution in [0.2, 0.25) is 0 Å². The summed E-state index contributed by atoms with van der Waals surface area (Å²) in [4.78, 5) is 17.6. The minimum Gasteiger partial charge on any atom is -0.493 e. The molecule has 5 nitrogen and oxygen atoms in total. The zero-order chi connectivity index (χ0) is 27.0. The van der Waals surface area contributed by atoms with E-state index >= 15 is 0 Å². The van der Waals surface area contributed by atoms with Crippen molar-refractivity contribution in [3.8, 4) is 16.9 Å². The van der Waals surface area contributed by atoms with Gasteiger partial charge in [-0.3, -0.25) is 4.79 Å². The van der Waals surface area contributed by atoms with E-state index in [0.717, 1.165) is 53.1 Å². The predicted octanol–water partition coefficient (Wildman–Crippen LogP) is 7.04. The zero-order valence-corrected chi connectivity index (χ0v) is 22.7. The number of fused-ring (bicyclic) bond motifs is 1. The van der Waals surface area contributed by atoms with Crippen molar-refractivity contribution < 1.29 is 9.53 Å². The van der Waals surface area contributed by atoms with Crippen molar-refractivity contribution >= 4 is 16.9 Å². The van der Waals surface area contributed by atoms with E-state index in [9.17, 15) is 4.79 Å². The highest BCUT2D eigenvalue weighted by Crippen LogP contribution is 2.23. The summed E-state index contributed by atoms with van der Waals surface area (Å²) in [6, 6.07) is 32.8. The highest BCUT2D eigenvalue weighted by Gasteiger charge is 2.12. The summed E-state index contributed by atoms with van der Waals surface area (Å²) in [5.41, 5.74) is 7.68. The lowest BCUT2D eigenvalue weighted by Gasteiger charge is -2.13. The van der Waals surface area contributed by atoms with Gasteiger partial charge in [-0.05, 0) is 66.6 Å². The van der Waals surface area contributed by atoms with Crippen LogP contribution in [0, 0.1) is 13.8 Å². The molecular formula is C34H35N3O2. The highest BCUT2D eigenvalue weighted by atomic mass is 16.5. The summed E-state index contributed by atoms with van der Waals surface area (Å²) in [6.07, 6.45) is 2.23. The number of imidazole rings is 1. The van der Waals surface area contributed by atoms with Crippen LogP contribution < -0.4 is 10.1 Å². The number of amides is 1. The van der Waals surface area contributed by atoms with Gasteiger partial charge in [0.25, 0.3) is 0 Å². The maximum Gasteiger partial charge on any atom is 0.224 e. The van der Waals surface area contributed by atoms with Gasteiger partial charge in [0, 0.05) is 6.54 Å². The third-order valence-electron chi connectivity index (χ3n) is 7.03. The van der Waals surface area contributed by atoms with Crippen LogP contribution in [0.25, 0.3) is 22.2 Å². The molecule has 0 atom stereocenters. The van der Waals surface area contributed by atoms with Crippen molar-refractivity contribution in [3.05, 3.63) is 120 Å². The molecule has 0 saturated heterocycles. The van der Waals surface area contributed by atoms with Gasteiger partial charge in [0.2, 0.25) is 5.91 Å². The van der Waals surface area contributed by atoms with E-state index in [0.29, 0.717) is 19.6 Å². The van der Waals surface area contributed by atoms with Crippen LogP contribution in [-0.4, -0.2) is 22.1 Å². The number of carbonyl (C=O) groups is 1. The van der Waals surface area contributed by atoms with Crippen molar-refractivity contribution in [1.82, 2.24) is 14.9 Å². The molecule has 1 N–H and O–H groups in total. The Morgan fingerprint density at radius 2 is 1.49 bits per heavy atom. The number of unbranched alkanes of at least 4 members (excludes halogenated alkanes) is 1. The van der Waals surface area contributed by atoms with E-state index in [1.807, 2.05) is 48.5 Å². The van der Waals surface area contributed by atoms with E-state index < -0.39 is 0 Å². The van der Waals surface area contributed by atoms with Crippen LogP contribution in [0.5, 0.6) is 5.75 Å². The first kappa shape index (κ1) is 26.2. The molecule has 5 aromatic rings. The lowest BCUT2D eigenvalue weighted by atomic mass is 10.0. The molecule has 0 aliphatic carbocycles. The molecule has 198 valence electrons. The van der Waals surface area contributed by atoms with E-state index in [2.05, 4.69) is 72.3 Å². The first-order chi connectivity index (χ1) is 19.1. The third kappa shape index (κ3) is 6.55. The molecule has 0 aliphatic heterocycles. The number of para-hydroxylation sites is 3. The minimum absolute atomic E-state index is 0.0110. The summed E-state index contributed by atoms with van der Waals surface area (Å²) in [6.45, 7) is 6.06. The maximum atomic E-state index is 12.8. The molecule has 1 heterocycles. The number of hydrogen-bond acceptors (Lipinski definition) is 3. The van der Waals surface area contributed by atoms with Crippen molar-refractivity contribution in [2.24, 2.45) is 0 Å². The van der Waals surface area contributed by atoms with Gasteiger partial charge in [0.05, 0.1) is 30.6 Å². The Morgan fingerprint density at radius 3 is 2.26 bits per heavy atom. The number of benzene rings is 4. The number of carbonyl (C=O) groups excluding carboxylic acids is 1. The van der Waals surface area contributed by atoms with Crippen LogP contribution >= 0.6 is 0 Å². The maximum absolute atomic E-state index is 12.8. The fourth-order valence-electron chi connectivity index (χ4n) is 4.95. The molecule has 39 heavy (non-hydrogen) atoms. The van der Waals surface area contributed by atoms with Gasteiger partial charge in [-0.25, -0.2) is 4.98 Å². The molecule has 5 heteroatoms. The molecule has 0 fully saturated rings. The Labute approximate surface area is 230 Å². The summed E-state index contributed by atoms with van der Waals surface area (Å²) in [5.74, 6) is 1.85. The molecule has 0 unspecified atom stereocenters. The molecule has 0 aliphatic rings. The van der Waals surface area contributed by atoms with Gasteiger partial charge >= 0.3 is 0 Å². The van der Waals surface area contributed by atoms with Crippen LogP contribution in [0.4, 0.5) is 0 Å². The number of aryl methyl sites for hydroxylation is 3. The summed E-state index contributed by atoms with van der Waals surface area (Å²) in [5, 5.41) is 3.08. The van der Waals surface area contributed by atoms with Gasteiger partial charge in [-0.15, -0.1) is 0 Å². The van der Waals surface area contributed by atoms with E-state index in [1.54, 1.807) is 0 Å². The summed E-state index contributed by atoms with van der Waals surface area (Å²) >= 11 is 0. The number of nitrogens with zero attached hydrogens (tertiary/aromatic N) is 2. The average molecular weight is 518 g/mol. The molecule has 5 rings (SSSR count). The monoisotopic (exact) mass is 517 g/mol. The Kier molecular flexibility index (Phi) is 8.37. The summed E-state index contributed by atoms with van der Waals surface area (Å²) < 4.78 is 8.32. The Balaban J connectivity index is 1.17. The predicted molar refractivity (Wildman–Crippen MR) is 158 cm³/mol. The molecule has 1 aromatic heterocycles.